The monoisotopic (exact) mass is 230 g/mol. The van der Waals surface area contributed by atoms with E-state index in [-0.39, 0.29) is 0 Å². The topological polar surface area (TPSA) is 55.2 Å². The first kappa shape index (κ1) is 11.5. The van der Waals surface area contributed by atoms with Crippen LogP contribution in [0.2, 0.25) is 0 Å². The van der Waals surface area contributed by atoms with Crippen LogP contribution >= 0.6 is 0 Å². The van der Waals surface area contributed by atoms with E-state index in [4.69, 9.17) is 4.74 Å². The molecule has 1 aromatic carbocycles. The van der Waals surface area contributed by atoms with Crippen LogP contribution in [-0.4, -0.2) is 15.1 Å². The standard InChI is InChI=1S/C13H14N2O2/c1-10(16)12-7-14-9-15-13(12)17-8-11-5-3-2-4-6-11/h2-7,9-10,16H,8H2,1H3. The molecule has 1 unspecified atom stereocenters. The van der Waals surface area contributed by atoms with Crippen molar-refractivity contribution in [1.82, 2.24) is 9.97 Å². The van der Waals surface area contributed by atoms with Crippen LogP contribution in [0.15, 0.2) is 42.9 Å². The Morgan fingerprint density at radius 2 is 2.06 bits per heavy atom. The van der Waals surface area contributed by atoms with E-state index in [2.05, 4.69) is 9.97 Å². The molecule has 1 heterocycles. The summed E-state index contributed by atoms with van der Waals surface area (Å²) in [6.45, 7) is 2.09. The van der Waals surface area contributed by atoms with Crippen LogP contribution < -0.4 is 4.74 Å². The molecule has 0 fully saturated rings. The molecule has 88 valence electrons. The zero-order chi connectivity index (χ0) is 12.1. The molecule has 1 atom stereocenters. The van der Waals surface area contributed by atoms with Crippen LogP contribution in [0, 0.1) is 0 Å². The second kappa shape index (κ2) is 5.41. The normalized spacial score (nSPS) is 12.1. The smallest absolute Gasteiger partial charge is 0.222 e. The highest BCUT2D eigenvalue weighted by Gasteiger charge is 2.10. The lowest BCUT2D eigenvalue weighted by Crippen LogP contribution is -2.03. The molecule has 0 saturated carbocycles. The van der Waals surface area contributed by atoms with Gasteiger partial charge in [0, 0.05) is 6.20 Å². The summed E-state index contributed by atoms with van der Waals surface area (Å²) in [5, 5.41) is 9.54. The summed E-state index contributed by atoms with van der Waals surface area (Å²) >= 11 is 0. The average molecular weight is 230 g/mol. The van der Waals surface area contributed by atoms with Gasteiger partial charge in [0.2, 0.25) is 5.88 Å². The molecule has 0 spiro atoms. The summed E-state index contributed by atoms with van der Waals surface area (Å²) in [7, 11) is 0. The number of hydrogen-bond acceptors (Lipinski definition) is 4. The van der Waals surface area contributed by atoms with Crippen LogP contribution in [0.25, 0.3) is 0 Å². The number of ether oxygens (including phenoxy) is 1. The first-order valence-corrected chi connectivity index (χ1v) is 5.42. The Bertz CT molecular complexity index is 472. The Labute approximate surface area is 99.9 Å². The molecular formula is C13H14N2O2. The second-order valence-corrected chi connectivity index (χ2v) is 3.73. The van der Waals surface area contributed by atoms with Crippen molar-refractivity contribution < 1.29 is 9.84 Å². The predicted molar refractivity (Wildman–Crippen MR) is 63.4 cm³/mol. The summed E-state index contributed by atoms with van der Waals surface area (Å²) in [5.41, 5.74) is 1.66. The van der Waals surface area contributed by atoms with Crippen molar-refractivity contribution in [2.75, 3.05) is 0 Å². The van der Waals surface area contributed by atoms with Gasteiger partial charge in [-0.25, -0.2) is 9.97 Å². The van der Waals surface area contributed by atoms with Gasteiger partial charge < -0.3 is 9.84 Å². The molecule has 0 saturated heterocycles. The van der Waals surface area contributed by atoms with Crippen molar-refractivity contribution in [2.24, 2.45) is 0 Å². The van der Waals surface area contributed by atoms with Crippen molar-refractivity contribution in [3.8, 4) is 5.88 Å². The van der Waals surface area contributed by atoms with Crippen LogP contribution in [-0.2, 0) is 6.61 Å². The van der Waals surface area contributed by atoms with Crippen molar-refractivity contribution in [2.45, 2.75) is 19.6 Å². The number of rotatable bonds is 4. The van der Waals surface area contributed by atoms with Gasteiger partial charge in [-0.1, -0.05) is 30.3 Å². The molecule has 0 bridgehead atoms. The summed E-state index contributed by atoms with van der Waals surface area (Å²) < 4.78 is 5.57. The molecule has 4 nitrogen and oxygen atoms in total. The zero-order valence-corrected chi connectivity index (χ0v) is 9.58. The molecule has 0 aliphatic rings. The van der Waals surface area contributed by atoms with Gasteiger partial charge >= 0.3 is 0 Å². The van der Waals surface area contributed by atoms with Crippen LogP contribution in [0.4, 0.5) is 0 Å². The van der Waals surface area contributed by atoms with Crippen LogP contribution in [0.1, 0.15) is 24.2 Å². The SMILES string of the molecule is CC(O)c1cncnc1OCc1ccccc1. The predicted octanol–water partition coefficient (Wildman–Crippen LogP) is 2.11. The molecule has 4 heteroatoms. The van der Waals surface area contributed by atoms with Gasteiger partial charge in [0.15, 0.2) is 0 Å². The average Bonchev–Trinajstić information content (AvgIpc) is 2.38. The maximum absolute atomic E-state index is 9.54. The maximum Gasteiger partial charge on any atom is 0.222 e. The van der Waals surface area contributed by atoms with Gasteiger partial charge in [-0.3, -0.25) is 0 Å². The van der Waals surface area contributed by atoms with E-state index < -0.39 is 6.10 Å². The van der Waals surface area contributed by atoms with E-state index in [0.717, 1.165) is 5.56 Å². The van der Waals surface area contributed by atoms with E-state index in [9.17, 15) is 5.11 Å². The number of aromatic nitrogens is 2. The molecule has 1 N–H and O–H groups in total. The Morgan fingerprint density at radius 1 is 1.29 bits per heavy atom. The largest absolute Gasteiger partial charge is 0.472 e. The quantitative estimate of drug-likeness (QED) is 0.874. The molecule has 2 rings (SSSR count). The summed E-state index contributed by atoms with van der Waals surface area (Å²) in [6, 6.07) is 9.81. The van der Waals surface area contributed by atoms with Crippen molar-refractivity contribution in [1.29, 1.82) is 0 Å². The lowest BCUT2D eigenvalue weighted by Gasteiger charge is -2.11. The van der Waals surface area contributed by atoms with Gasteiger partial charge in [0.05, 0.1) is 11.7 Å². The fraction of sp³-hybridized carbons (Fsp3) is 0.231. The highest BCUT2D eigenvalue weighted by atomic mass is 16.5. The third kappa shape index (κ3) is 3.01. The fourth-order valence-corrected chi connectivity index (χ4v) is 1.46. The summed E-state index contributed by atoms with van der Waals surface area (Å²) in [6.07, 6.45) is 2.34. The fourth-order valence-electron chi connectivity index (χ4n) is 1.46. The van der Waals surface area contributed by atoms with Crippen molar-refractivity contribution in [3.63, 3.8) is 0 Å². The van der Waals surface area contributed by atoms with E-state index in [0.29, 0.717) is 18.1 Å². The van der Waals surface area contributed by atoms with Gasteiger partial charge in [-0.2, -0.15) is 0 Å². The summed E-state index contributed by atoms with van der Waals surface area (Å²) in [5.74, 6) is 0.429. The summed E-state index contributed by atoms with van der Waals surface area (Å²) in [4.78, 5) is 7.89. The van der Waals surface area contributed by atoms with Crippen LogP contribution in [0.3, 0.4) is 0 Å². The highest BCUT2D eigenvalue weighted by Crippen LogP contribution is 2.21. The first-order valence-electron chi connectivity index (χ1n) is 5.42. The lowest BCUT2D eigenvalue weighted by atomic mass is 10.2. The number of nitrogens with zero attached hydrogens (tertiary/aromatic N) is 2. The van der Waals surface area contributed by atoms with E-state index in [1.165, 1.54) is 6.33 Å². The lowest BCUT2D eigenvalue weighted by molar-refractivity contribution is 0.187. The Morgan fingerprint density at radius 3 is 2.76 bits per heavy atom. The number of aliphatic hydroxyl groups is 1. The first-order chi connectivity index (χ1) is 8.27. The molecule has 0 amide bonds. The number of benzene rings is 1. The molecule has 17 heavy (non-hydrogen) atoms. The van der Waals surface area contributed by atoms with Gasteiger partial charge in [-0.15, -0.1) is 0 Å². The Hall–Kier alpha value is -1.94. The van der Waals surface area contributed by atoms with E-state index in [1.54, 1.807) is 13.1 Å². The van der Waals surface area contributed by atoms with Crippen LogP contribution in [0.5, 0.6) is 5.88 Å². The number of aliphatic hydroxyl groups excluding tert-OH is 1. The minimum Gasteiger partial charge on any atom is -0.472 e. The number of hydrogen-bond donors (Lipinski definition) is 1. The van der Waals surface area contributed by atoms with Gasteiger partial charge in [0.1, 0.15) is 12.9 Å². The minimum atomic E-state index is -0.637. The van der Waals surface area contributed by atoms with Gasteiger partial charge in [-0.05, 0) is 12.5 Å². The highest BCUT2D eigenvalue weighted by molar-refractivity contribution is 5.25. The minimum absolute atomic E-state index is 0.428. The molecule has 0 radical (unpaired) electrons. The molecular weight excluding hydrogens is 216 g/mol. The van der Waals surface area contributed by atoms with E-state index >= 15 is 0 Å². The van der Waals surface area contributed by atoms with Gasteiger partial charge in [0.25, 0.3) is 0 Å². The molecule has 0 aliphatic heterocycles. The van der Waals surface area contributed by atoms with Crippen molar-refractivity contribution in [3.05, 3.63) is 54.0 Å². The molecule has 1 aromatic heterocycles. The molecule has 0 aliphatic carbocycles. The zero-order valence-electron chi connectivity index (χ0n) is 9.58. The Kier molecular flexibility index (Phi) is 3.67. The second-order valence-electron chi connectivity index (χ2n) is 3.73. The maximum atomic E-state index is 9.54. The molecule has 2 aromatic rings. The Balaban J connectivity index is 2.09. The van der Waals surface area contributed by atoms with Crippen molar-refractivity contribution >= 4 is 0 Å². The van der Waals surface area contributed by atoms with E-state index in [1.807, 2.05) is 30.3 Å². The third-order valence-corrected chi connectivity index (χ3v) is 2.37. The third-order valence-electron chi connectivity index (χ3n) is 2.37.